The summed E-state index contributed by atoms with van der Waals surface area (Å²) in [7, 11) is 0. The van der Waals surface area contributed by atoms with E-state index in [-0.39, 0.29) is 12.2 Å². The fourth-order valence-corrected chi connectivity index (χ4v) is 3.88. The second-order valence-corrected chi connectivity index (χ2v) is 8.27. The Hall–Kier alpha value is -2.84. The van der Waals surface area contributed by atoms with E-state index in [9.17, 15) is 14.4 Å². The molecule has 2 aromatic carbocycles. The number of hydrogen-bond acceptors (Lipinski definition) is 5. The highest BCUT2D eigenvalue weighted by atomic mass is 127. The SMILES string of the molecule is C#CCOc1c(I)cc(/C=C2\C(=O)NC(=O)N(c3ccc(Br)cc3)C2=O)cc1OCC. The Morgan fingerprint density at radius 3 is 2.55 bits per heavy atom. The van der Waals surface area contributed by atoms with E-state index in [1.54, 1.807) is 36.4 Å². The molecule has 1 aliphatic rings. The lowest BCUT2D eigenvalue weighted by Crippen LogP contribution is -2.54. The van der Waals surface area contributed by atoms with E-state index in [0.717, 1.165) is 9.37 Å². The third-order valence-electron chi connectivity index (χ3n) is 4.13. The maximum Gasteiger partial charge on any atom is 0.335 e. The van der Waals surface area contributed by atoms with Crippen LogP contribution in [0.25, 0.3) is 6.08 Å². The molecule has 2 aromatic rings. The lowest BCUT2D eigenvalue weighted by atomic mass is 10.1. The smallest absolute Gasteiger partial charge is 0.335 e. The molecule has 31 heavy (non-hydrogen) atoms. The van der Waals surface area contributed by atoms with E-state index in [0.29, 0.717) is 32.9 Å². The van der Waals surface area contributed by atoms with Gasteiger partial charge in [0.15, 0.2) is 11.5 Å². The van der Waals surface area contributed by atoms with Crippen LogP contribution in [-0.2, 0) is 9.59 Å². The first-order valence-corrected chi connectivity index (χ1v) is 10.9. The quantitative estimate of drug-likeness (QED) is 0.235. The molecule has 7 nitrogen and oxygen atoms in total. The number of terminal acetylenes is 1. The number of imide groups is 2. The number of anilines is 1. The first kappa shape index (κ1) is 22.8. The molecular weight excluding hydrogens is 579 g/mol. The Morgan fingerprint density at radius 1 is 1.19 bits per heavy atom. The average molecular weight is 595 g/mol. The maximum absolute atomic E-state index is 13.0. The second kappa shape index (κ2) is 9.98. The van der Waals surface area contributed by atoms with Crippen molar-refractivity contribution in [2.75, 3.05) is 18.1 Å². The molecule has 9 heteroatoms. The van der Waals surface area contributed by atoms with E-state index in [1.165, 1.54) is 6.08 Å². The summed E-state index contributed by atoms with van der Waals surface area (Å²) in [6, 6.07) is 9.15. The van der Waals surface area contributed by atoms with Gasteiger partial charge in [0, 0.05) is 4.47 Å². The van der Waals surface area contributed by atoms with Crippen LogP contribution >= 0.6 is 38.5 Å². The Labute approximate surface area is 201 Å². The summed E-state index contributed by atoms with van der Waals surface area (Å²) in [5.41, 5.74) is 0.689. The highest BCUT2D eigenvalue weighted by molar-refractivity contribution is 14.1. The highest BCUT2D eigenvalue weighted by Crippen LogP contribution is 2.35. The van der Waals surface area contributed by atoms with Crippen molar-refractivity contribution in [2.45, 2.75) is 6.92 Å². The van der Waals surface area contributed by atoms with E-state index in [1.807, 2.05) is 6.92 Å². The monoisotopic (exact) mass is 594 g/mol. The molecule has 4 amide bonds. The summed E-state index contributed by atoms with van der Waals surface area (Å²) in [6.45, 7) is 2.28. The maximum atomic E-state index is 13.0. The van der Waals surface area contributed by atoms with Gasteiger partial charge in [-0.25, -0.2) is 9.69 Å². The fraction of sp³-hybridized carbons (Fsp3) is 0.136. The molecule has 0 saturated carbocycles. The van der Waals surface area contributed by atoms with Gasteiger partial charge in [0.2, 0.25) is 0 Å². The van der Waals surface area contributed by atoms with Crippen LogP contribution in [0.1, 0.15) is 12.5 Å². The number of halogens is 2. The number of hydrogen-bond donors (Lipinski definition) is 1. The van der Waals surface area contributed by atoms with Crippen LogP contribution in [0, 0.1) is 15.9 Å². The molecular formula is C22H16BrIN2O5. The Balaban J connectivity index is 2.02. The number of rotatable bonds is 6. The topological polar surface area (TPSA) is 84.9 Å². The highest BCUT2D eigenvalue weighted by Gasteiger charge is 2.36. The van der Waals surface area contributed by atoms with Crippen molar-refractivity contribution in [3.05, 3.63) is 55.6 Å². The van der Waals surface area contributed by atoms with Crippen molar-refractivity contribution in [3.63, 3.8) is 0 Å². The Kier molecular flexibility index (Phi) is 7.35. The van der Waals surface area contributed by atoms with Gasteiger partial charge in [-0.3, -0.25) is 14.9 Å². The molecule has 1 aliphatic heterocycles. The number of carbonyl (C=O) groups is 3. The zero-order chi connectivity index (χ0) is 22.5. The van der Waals surface area contributed by atoms with Gasteiger partial charge in [0.05, 0.1) is 15.9 Å². The number of carbonyl (C=O) groups excluding carboxylic acids is 3. The molecule has 0 spiro atoms. The van der Waals surface area contributed by atoms with Gasteiger partial charge in [0.1, 0.15) is 12.2 Å². The summed E-state index contributed by atoms with van der Waals surface area (Å²) in [6.07, 6.45) is 6.68. The summed E-state index contributed by atoms with van der Waals surface area (Å²) in [4.78, 5) is 38.7. The molecule has 1 fully saturated rings. The first-order chi connectivity index (χ1) is 14.8. The molecule has 0 aromatic heterocycles. The lowest BCUT2D eigenvalue weighted by Gasteiger charge is -2.26. The molecule has 0 aliphatic carbocycles. The van der Waals surface area contributed by atoms with Crippen molar-refractivity contribution < 1.29 is 23.9 Å². The molecule has 1 N–H and O–H groups in total. The average Bonchev–Trinajstić information content (AvgIpc) is 2.72. The number of benzene rings is 2. The van der Waals surface area contributed by atoms with Gasteiger partial charge in [-0.2, -0.15) is 0 Å². The lowest BCUT2D eigenvalue weighted by molar-refractivity contribution is -0.122. The second-order valence-electron chi connectivity index (χ2n) is 6.19. The molecule has 0 radical (unpaired) electrons. The van der Waals surface area contributed by atoms with Gasteiger partial charge in [-0.15, -0.1) is 6.42 Å². The fourth-order valence-electron chi connectivity index (χ4n) is 2.84. The van der Waals surface area contributed by atoms with Gasteiger partial charge in [-0.05, 0) is 77.6 Å². The van der Waals surface area contributed by atoms with Crippen LogP contribution in [0.15, 0.2) is 46.4 Å². The van der Waals surface area contributed by atoms with Crippen molar-refractivity contribution in [3.8, 4) is 23.8 Å². The van der Waals surface area contributed by atoms with Crippen molar-refractivity contribution in [1.29, 1.82) is 0 Å². The molecule has 0 unspecified atom stereocenters. The summed E-state index contributed by atoms with van der Waals surface area (Å²) >= 11 is 5.37. The molecule has 0 atom stereocenters. The Bertz CT molecular complexity index is 1120. The number of nitrogens with zero attached hydrogens (tertiary/aromatic N) is 1. The largest absolute Gasteiger partial charge is 0.490 e. The zero-order valence-electron chi connectivity index (χ0n) is 16.3. The van der Waals surface area contributed by atoms with Gasteiger partial charge in [0.25, 0.3) is 11.8 Å². The van der Waals surface area contributed by atoms with Crippen molar-refractivity contribution >= 4 is 68.1 Å². The van der Waals surface area contributed by atoms with Gasteiger partial charge in [-0.1, -0.05) is 21.9 Å². The predicted octanol–water partition coefficient (Wildman–Crippen LogP) is 4.13. The van der Waals surface area contributed by atoms with Crippen LogP contribution in [0.2, 0.25) is 0 Å². The minimum atomic E-state index is -0.808. The number of amides is 4. The Morgan fingerprint density at radius 2 is 1.90 bits per heavy atom. The number of ether oxygens (including phenoxy) is 2. The number of urea groups is 1. The standard InChI is InChI=1S/C22H16BrIN2O5/c1-3-9-31-19-17(24)11-13(12-18(19)30-4-2)10-16-20(27)25-22(29)26(21(16)28)15-7-5-14(23)6-8-15/h1,5-8,10-12H,4,9H2,2H3,(H,25,27,29)/b16-10+. The molecule has 1 saturated heterocycles. The molecule has 3 rings (SSSR count). The normalized spacial score (nSPS) is 15.0. The van der Waals surface area contributed by atoms with Crippen LogP contribution in [0.3, 0.4) is 0 Å². The number of nitrogens with one attached hydrogen (secondary N) is 1. The minimum absolute atomic E-state index is 0.0711. The van der Waals surface area contributed by atoms with Gasteiger partial charge >= 0.3 is 6.03 Å². The third kappa shape index (κ3) is 5.08. The molecule has 158 valence electrons. The van der Waals surface area contributed by atoms with Crippen LogP contribution < -0.4 is 19.7 Å². The van der Waals surface area contributed by atoms with Crippen molar-refractivity contribution in [1.82, 2.24) is 5.32 Å². The predicted molar refractivity (Wildman–Crippen MR) is 128 cm³/mol. The van der Waals surface area contributed by atoms with Crippen LogP contribution in [0.4, 0.5) is 10.5 Å². The molecule has 1 heterocycles. The summed E-state index contributed by atoms with van der Waals surface area (Å²) < 4.78 is 12.7. The first-order valence-electron chi connectivity index (χ1n) is 9.05. The van der Waals surface area contributed by atoms with E-state index in [4.69, 9.17) is 15.9 Å². The van der Waals surface area contributed by atoms with Crippen LogP contribution in [-0.4, -0.2) is 31.1 Å². The zero-order valence-corrected chi connectivity index (χ0v) is 20.0. The number of barbiturate groups is 1. The van der Waals surface area contributed by atoms with Crippen molar-refractivity contribution in [2.24, 2.45) is 0 Å². The molecule has 0 bridgehead atoms. The summed E-state index contributed by atoms with van der Waals surface area (Å²) in [5, 5.41) is 2.20. The van der Waals surface area contributed by atoms with E-state index in [2.05, 4.69) is 49.8 Å². The summed E-state index contributed by atoms with van der Waals surface area (Å²) in [5.74, 6) is 1.81. The van der Waals surface area contributed by atoms with Gasteiger partial charge < -0.3 is 9.47 Å². The third-order valence-corrected chi connectivity index (χ3v) is 5.46. The minimum Gasteiger partial charge on any atom is -0.490 e. The van der Waals surface area contributed by atoms with E-state index >= 15 is 0 Å². The van der Waals surface area contributed by atoms with Crippen LogP contribution in [0.5, 0.6) is 11.5 Å². The van der Waals surface area contributed by atoms with E-state index < -0.39 is 17.8 Å².